The van der Waals surface area contributed by atoms with Crippen LogP contribution >= 0.6 is 0 Å². The van der Waals surface area contributed by atoms with Crippen molar-refractivity contribution in [2.75, 3.05) is 0 Å². The quantitative estimate of drug-likeness (QED) is 0.910. The minimum absolute atomic E-state index is 0.0456. The van der Waals surface area contributed by atoms with Crippen LogP contribution < -0.4 is 4.72 Å². The molecule has 1 N–H and O–H groups in total. The van der Waals surface area contributed by atoms with Gasteiger partial charge in [0.15, 0.2) is 0 Å². The standard InChI is InChI=1S/C15H22N2O2S/c1-10(2)14-16-12-8-11(9-15(3,4)5)6-7-13(12)20(18,19)17-14/h6-8,10H,9H2,1-5H3,(H,16,17). The molecule has 1 aliphatic heterocycles. The Kier molecular flexibility index (Phi) is 3.67. The number of hydrogen-bond acceptors (Lipinski definition) is 3. The summed E-state index contributed by atoms with van der Waals surface area (Å²) in [5, 5.41) is 0. The molecule has 0 aromatic heterocycles. The van der Waals surface area contributed by atoms with Crippen LogP contribution in [0.3, 0.4) is 0 Å². The Bertz CT molecular complexity index is 653. The summed E-state index contributed by atoms with van der Waals surface area (Å²) in [4.78, 5) is 4.72. The number of nitrogens with one attached hydrogen (secondary N) is 1. The number of rotatable bonds is 2. The van der Waals surface area contributed by atoms with Gasteiger partial charge in [0.2, 0.25) is 0 Å². The van der Waals surface area contributed by atoms with Crippen LogP contribution in [0.2, 0.25) is 0 Å². The topological polar surface area (TPSA) is 58.5 Å². The van der Waals surface area contributed by atoms with E-state index in [0.29, 0.717) is 11.5 Å². The van der Waals surface area contributed by atoms with Gasteiger partial charge in [-0.1, -0.05) is 40.7 Å². The van der Waals surface area contributed by atoms with Crippen LogP contribution in [0.15, 0.2) is 28.1 Å². The molecule has 5 heteroatoms. The summed E-state index contributed by atoms with van der Waals surface area (Å²) in [5.74, 6) is 0.551. The Morgan fingerprint density at radius 3 is 2.45 bits per heavy atom. The third-order valence-corrected chi connectivity index (χ3v) is 4.48. The second-order valence-electron chi connectivity index (χ2n) is 6.80. The Morgan fingerprint density at radius 2 is 1.90 bits per heavy atom. The van der Waals surface area contributed by atoms with Crippen molar-refractivity contribution in [3.63, 3.8) is 0 Å². The van der Waals surface area contributed by atoms with E-state index in [1.165, 1.54) is 0 Å². The van der Waals surface area contributed by atoms with Gasteiger partial charge in [0.05, 0.1) is 5.69 Å². The Hall–Kier alpha value is -1.36. The lowest BCUT2D eigenvalue weighted by molar-refractivity contribution is 0.411. The van der Waals surface area contributed by atoms with E-state index in [1.54, 1.807) is 6.07 Å². The lowest BCUT2D eigenvalue weighted by atomic mass is 9.88. The molecular formula is C15H22N2O2S. The van der Waals surface area contributed by atoms with Gasteiger partial charge in [0, 0.05) is 5.92 Å². The van der Waals surface area contributed by atoms with Crippen LogP contribution in [0.1, 0.15) is 40.2 Å². The van der Waals surface area contributed by atoms with Crippen molar-refractivity contribution in [1.82, 2.24) is 4.72 Å². The monoisotopic (exact) mass is 294 g/mol. The largest absolute Gasteiger partial charge is 0.267 e. The van der Waals surface area contributed by atoms with Crippen molar-refractivity contribution in [3.05, 3.63) is 23.8 Å². The highest BCUT2D eigenvalue weighted by Gasteiger charge is 2.27. The first-order valence-corrected chi connectivity index (χ1v) is 8.31. The number of amidine groups is 1. The van der Waals surface area contributed by atoms with E-state index in [2.05, 4.69) is 30.5 Å². The first-order valence-electron chi connectivity index (χ1n) is 6.83. The van der Waals surface area contributed by atoms with Crippen molar-refractivity contribution >= 4 is 21.5 Å². The SMILES string of the molecule is CC(C)C1=Nc2cc(CC(C)(C)C)ccc2S(=O)(=O)N1. The fourth-order valence-corrected chi connectivity index (χ4v) is 3.49. The molecule has 0 saturated carbocycles. The predicted octanol–water partition coefficient (Wildman–Crippen LogP) is 3.25. The molecule has 4 nitrogen and oxygen atoms in total. The van der Waals surface area contributed by atoms with E-state index in [0.717, 1.165) is 12.0 Å². The molecule has 0 radical (unpaired) electrons. The summed E-state index contributed by atoms with van der Waals surface area (Å²) in [5.41, 5.74) is 1.82. The molecule has 0 saturated heterocycles. The van der Waals surface area contributed by atoms with E-state index in [-0.39, 0.29) is 16.2 Å². The first kappa shape index (κ1) is 15.0. The van der Waals surface area contributed by atoms with Gasteiger partial charge in [-0.25, -0.2) is 13.4 Å². The molecule has 0 amide bonds. The van der Waals surface area contributed by atoms with Crippen LogP contribution in [0.25, 0.3) is 0 Å². The highest BCUT2D eigenvalue weighted by atomic mass is 32.2. The molecule has 20 heavy (non-hydrogen) atoms. The molecule has 0 fully saturated rings. The lowest BCUT2D eigenvalue weighted by Crippen LogP contribution is -2.36. The molecule has 1 heterocycles. The molecule has 0 aliphatic carbocycles. The van der Waals surface area contributed by atoms with Crippen molar-refractivity contribution in [2.45, 2.75) is 45.9 Å². The van der Waals surface area contributed by atoms with Gasteiger partial charge in [0.1, 0.15) is 10.7 Å². The second kappa shape index (κ2) is 4.88. The van der Waals surface area contributed by atoms with Crippen molar-refractivity contribution < 1.29 is 8.42 Å². The average Bonchev–Trinajstić information content (AvgIpc) is 2.24. The van der Waals surface area contributed by atoms with Gasteiger partial charge in [-0.15, -0.1) is 0 Å². The molecule has 1 aromatic carbocycles. The molecule has 1 aromatic rings. The predicted molar refractivity (Wildman–Crippen MR) is 81.9 cm³/mol. The van der Waals surface area contributed by atoms with E-state index < -0.39 is 10.0 Å². The van der Waals surface area contributed by atoms with Crippen LogP contribution in [0.4, 0.5) is 5.69 Å². The van der Waals surface area contributed by atoms with Gasteiger partial charge < -0.3 is 0 Å². The van der Waals surface area contributed by atoms with Gasteiger partial charge in [-0.2, -0.15) is 0 Å². The number of hydrogen-bond donors (Lipinski definition) is 1. The summed E-state index contributed by atoms with van der Waals surface area (Å²) in [6, 6.07) is 5.42. The van der Waals surface area contributed by atoms with E-state index in [9.17, 15) is 8.42 Å². The smallest absolute Gasteiger partial charge is 0.264 e. The summed E-state index contributed by atoms with van der Waals surface area (Å²) < 4.78 is 26.9. The maximum Gasteiger partial charge on any atom is 0.264 e. The average molecular weight is 294 g/mol. The van der Waals surface area contributed by atoms with Crippen molar-refractivity contribution in [1.29, 1.82) is 0 Å². The third-order valence-electron chi connectivity index (χ3n) is 3.07. The Labute approximate surface area is 121 Å². The highest BCUT2D eigenvalue weighted by molar-refractivity contribution is 7.90. The molecule has 0 unspecified atom stereocenters. The van der Waals surface area contributed by atoms with Crippen LogP contribution in [-0.4, -0.2) is 14.3 Å². The van der Waals surface area contributed by atoms with E-state index in [1.807, 2.05) is 26.0 Å². The van der Waals surface area contributed by atoms with Crippen molar-refractivity contribution in [2.24, 2.45) is 16.3 Å². The fraction of sp³-hybridized carbons (Fsp3) is 0.533. The normalized spacial score (nSPS) is 17.4. The lowest BCUT2D eigenvalue weighted by Gasteiger charge is -2.22. The number of sulfonamides is 1. The summed E-state index contributed by atoms with van der Waals surface area (Å²) in [6.45, 7) is 10.3. The van der Waals surface area contributed by atoms with Crippen LogP contribution in [0.5, 0.6) is 0 Å². The van der Waals surface area contributed by atoms with Crippen LogP contribution in [-0.2, 0) is 16.4 Å². The van der Waals surface area contributed by atoms with Gasteiger partial charge in [-0.3, -0.25) is 4.72 Å². The van der Waals surface area contributed by atoms with Crippen LogP contribution in [0, 0.1) is 11.3 Å². The minimum Gasteiger partial charge on any atom is -0.267 e. The number of benzene rings is 1. The van der Waals surface area contributed by atoms with Gasteiger partial charge in [-0.05, 0) is 29.5 Å². The minimum atomic E-state index is -3.48. The molecule has 0 spiro atoms. The first-order chi connectivity index (χ1) is 9.08. The highest BCUT2D eigenvalue weighted by Crippen LogP contribution is 2.31. The maximum absolute atomic E-state index is 12.2. The number of nitrogens with zero attached hydrogens (tertiary/aromatic N) is 1. The third kappa shape index (κ3) is 3.20. The zero-order chi connectivity index (χ0) is 15.1. The molecule has 0 atom stereocenters. The fourth-order valence-electron chi connectivity index (χ4n) is 2.19. The van der Waals surface area contributed by atoms with Gasteiger partial charge in [0.25, 0.3) is 10.0 Å². The molecule has 2 rings (SSSR count). The number of aliphatic imine (C=N–C) groups is 1. The summed E-state index contributed by atoms with van der Waals surface area (Å²) in [7, 11) is -3.48. The zero-order valence-electron chi connectivity index (χ0n) is 12.7. The van der Waals surface area contributed by atoms with E-state index >= 15 is 0 Å². The summed E-state index contributed by atoms with van der Waals surface area (Å²) >= 11 is 0. The molecule has 110 valence electrons. The zero-order valence-corrected chi connectivity index (χ0v) is 13.5. The second-order valence-corrected chi connectivity index (χ2v) is 8.45. The molecular weight excluding hydrogens is 272 g/mol. The molecule has 1 aliphatic rings. The number of fused-ring (bicyclic) bond motifs is 1. The van der Waals surface area contributed by atoms with Gasteiger partial charge >= 0.3 is 0 Å². The van der Waals surface area contributed by atoms with Crippen molar-refractivity contribution in [3.8, 4) is 0 Å². The van der Waals surface area contributed by atoms with E-state index in [4.69, 9.17) is 0 Å². The Morgan fingerprint density at radius 1 is 1.25 bits per heavy atom. The summed E-state index contributed by atoms with van der Waals surface area (Å²) in [6.07, 6.45) is 0.889. The Balaban J connectivity index is 2.50. The maximum atomic E-state index is 12.2. The molecule has 0 bridgehead atoms.